The number of amides is 1. The van der Waals surface area contributed by atoms with Crippen LogP contribution in [0.25, 0.3) is 6.08 Å². The number of allylic oxidation sites excluding steroid dienone is 1. The SMILES string of the molecule is C/C=C/c1ccc2n(c1=O)C[C@H]1[C@H](CO)[C@@H](C(=O)NCc3ccccc3)[C@@H]2N1S(C)(=O)=O. The van der Waals surface area contributed by atoms with Gasteiger partial charge >= 0.3 is 0 Å². The van der Waals surface area contributed by atoms with Gasteiger partial charge in [-0.1, -0.05) is 42.5 Å². The van der Waals surface area contributed by atoms with Crippen LogP contribution in [0.3, 0.4) is 0 Å². The molecular formula is C23H27N3O5S. The van der Waals surface area contributed by atoms with Crippen LogP contribution >= 0.6 is 0 Å². The first-order chi connectivity index (χ1) is 15.3. The molecule has 0 radical (unpaired) electrons. The lowest BCUT2D eigenvalue weighted by Gasteiger charge is -2.36. The van der Waals surface area contributed by atoms with Crippen LogP contribution in [0.15, 0.2) is 53.3 Å². The van der Waals surface area contributed by atoms with Crippen molar-refractivity contribution in [1.29, 1.82) is 0 Å². The number of carbonyl (C=O) groups excluding carboxylic acids is 1. The van der Waals surface area contributed by atoms with Gasteiger partial charge in [-0.05, 0) is 24.6 Å². The number of carbonyl (C=O) groups is 1. The molecule has 8 nitrogen and oxygen atoms in total. The molecule has 2 aromatic rings. The summed E-state index contributed by atoms with van der Waals surface area (Å²) >= 11 is 0. The summed E-state index contributed by atoms with van der Waals surface area (Å²) in [6.45, 7) is 1.84. The molecule has 32 heavy (non-hydrogen) atoms. The summed E-state index contributed by atoms with van der Waals surface area (Å²) in [4.78, 5) is 26.4. The number of aliphatic hydroxyl groups is 1. The fourth-order valence-electron chi connectivity index (χ4n) is 5.03. The van der Waals surface area contributed by atoms with Crippen molar-refractivity contribution in [2.24, 2.45) is 11.8 Å². The van der Waals surface area contributed by atoms with Crippen molar-refractivity contribution in [2.45, 2.75) is 32.1 Å². The van der Waals surface area contributed by atoms with Gasteiger partial charge in [0.25, 0.3) is 5.56 Å². The van der Waals surface area contributed by atoms with Crippen molar-refractivity contribution in [3.63, 3.8) is 0 Å². The number of aliphatic hydroxyl groups excluding tert-OH is 1. The maximum atomic E-state index is 13.3. The van der Waals surface area contributed by atoms with Gasteiger partial charge in [0.05, 0.1) is 18.2 Å². The average molecular weight is 458 g/mol. The van der Waals surface area contributed by atoms with Crippen molar-refractivity contribution >= 4 is 22.0 Å². The molecule has 2 aliphatic heterocycles. The molecule has 2 bridgehead atoms. The van der Waals surface area contributed by atoms with Crippen LogP contribution in [0.5, 0.6) is 0 Å². The Morgan fingerprint density at radius 3 is 2.56 bits per heavy atom. The third-order valence-corrected chi connectivity index (χ3v) is 7.62. The van der Waals surface area contributed by atoms with Crippen molar-refractivity contribution in [3.05, 3.63) is 75.7 Å². The third-order valence-electron chi connectivity index (χ3n) is 6.36. The topological polar surface area (TPSA) is 109 Å². The van der Waals surface area contributed by atoms with Gasteiger partial charge in [-0.15, -0.1) is 0 Å². The molecule has 2 aliphatic rings. The molecule has 9 heteroatoms. The van der Waals surface area contributed by atoms with E-state index in [2.05, 4.69) is 5.32 Å². The Balaban J connectivity index is 1.77. The van der Waals surface area contributed by atoms with Crippen molar-refractivity contribution in [1.82, 2.24) is 14.2 Å². The highest BCUT2D eigenvalue weighted by Crippen LogP contribution is 2.49. The number of pyridine rings is 1. The first-order valence-electron chi connectivity index (χ1n) is 10.6. The van der Waals surface area contributed by atoms with Gasteiger partial charge in [0, 0.05) is 42.9 Å². The number of hydrogen-bond donors (Lipinski definition) is 2. The number of sulfonamides is 1. The molecule has 0 spiro atoms. The van der Waals surface area contributed by atoms with Gasteiger partial charge in [0.1, 0.15) is 0 Å². The Morgan fingerprint density at radius 1 is 1.22 bits per heavy atom. The number of fused-ring (bicyclic) bond motifs is 4. The number of hydrogen-bond acceptors (Lipinski definition) is 5. The fourth-order valence-corrected chi connectivity index (χ4v) is 6.40. The van der Waals surface area contributed by atoms with Gasteiger partial charge in [0.2, 0.25) is 15.9 Å². The smallest absolute Gasteiger partial charge is 0.258 e. The van der Waals surface area contributed by atoms with Crippen LogP contribution in [0, 0.1) is 11.8 Å². The van der Waals surface area contributed by atoms with E-state index < -0.39 is 33.9 Å². The van der Waals surface area contributed by atoms with E-state index in [1.54, 1.807) is 28.9 Å². The lowest BCUT2D eigenvalue weighted by molar-refractivity contribution is -0.127. The zero-order valence-electron chi connectivity index (χ0n) is 18.0. The van der Waals surface area contributed by atoms with Crippen LogP contribution < -0.4 is 10.9 Å². The highest BCUT2D eigenvalue weighted by Gasteiger charge is 2.58. The second kappa shape index (κ2) is 8.65. The number of benzene rings is 1. The highest BCUT2D eigenvalue weighted by atomic mass is 32.2. The maximum Gasteiger partial charge on any atom is 0.258 e. The molecule has 1 aromatic carbocycles. The van der Waals surface area contributed by atoms with E-state index in [1.165, 1.54) is 4.31 Å². The Morgan fingerprint density at radius 2 is 1.94 bits per heavy atom. The van der Waals surface area contributed by atoms with Crippen LogP contribution in [0.4, 0.5) is 0 Å². The zero-order valence-corrected chi connectivity index (χ0v) is 18.8. The Hall–Kier alpha value is -2.75. The molecule has 0 aliphatic carbocycles. The molecular weight excluding hydrogens is 430 g/mol. The zero-order chi connectivity index (χ0) is 23.0. The summed E-state index contributed by atoms with van der Waals surface area (Å²) in [5.74, 6) is -1.79. The predicted octanol–water partition coefficient (Wildman–Crippen LogP) is 1.12. The molecule has 2 N–H and O–H groups in total. The van der Waals surface area contributed by atoms with Crippen LogP contribution in [0.2, 0.25) is 0 Å². The number of rotatable bonds is 6. The van der Waals surface area contributed by atoms with E-state index in [-0.39, 0.29) is 31.2 Å². The Labute approximate surface area is 187 Å². The minimum absolute atomic E-state index is 0.0941. The quantitative estimate of drug-likeness (QED) is 0.676. The van der Waals surface area contributed by atoms with E-state index in [9.17, 15) is 23.1 Å². The van der Waals surface area contributed by atoms with E-state index in [4.69, 9.17) is 0 Å². The van der Waals surface area contributed by atoms with Gasteiger partial charge in [-0.2, -0.15) is 4.31 Å². The summed E-state index contributed by atoms with van der Waals surface area (Å²) in [6, 6.07) is 11.2. The predicted molar refractivity (Wildman–Crippen MR) is 121 cm³/mol. The minimum Gasteiger partial charge on any atom is -0.396 e. The monoisotopic (exact) mass is 457 g/mol. The molecule has 1 amide bonds. The lowest BCUT2D eigenvalue weighted by atomic mass is 9.86. The lowest BCUT2D eigenvalue weighted by Crippen LogP contribution is -2.48. The van der Waals surface area contributed by atoms with Crippen LogP contribution in [0.1, 0.15) is 29.8 Å². The molecule has 1 aromatic heterocycles. The standard InChI is InChI=1S/C23H27N3O5S/c1-3-7-16-10-11-18-21-20(22(28)24-12-15-8-5-4-6-9-15)17(14-27)19(13-25(18)23(16)29)26(21)32(2,30)31/h3-11,17,19-21,27H,12-14H2,1-2H3,(H,24,28)/b7-3+/t17-,19-,20+,21+/m0/s1. The normalized spacial score (nSPS) is 25.1. The van der Waals surface area contributed by atoms with Crippen LogP contribution in [-0.4, -0.2) is 47.2 Å². The molecule has 0 unspecified atom stereocenters. The number of nitrogens with one attached hydrogen (secondary N) is 1. The molecule has 1 saturated heterocycles. The summed E-state index contributed by atoms with van der Waals surface area (Å²) < 4.78 is 28.3. The first-order valence-corrected chi connectivity index (χ1v) is 12.4. The summed E-state index contributed by atoms with van der Waals surface area (Å²) in [6.07, 6.45) is 4.57. The average Bonchev–Trinajstić information content (AvgIpc) is 3.03. The van der Waals surface area contributed by atoms with Gasteiger partial charge in [-0.25, -0.2) is 8.42 Å². The molecule has 1 fully saturated rings. The van der Waals surface area contributed by atoms with E-state index >= 15 is 0 Å². The van der Waals surface area contributed by atoms with E-state index in [0.29, 0.717) is 11.3 Å². The van der Waals surface area contributed by atoms with Gasteiger partial charge in [0.15, 0.2) is 0 Å². The highest BCUT2D eigenvalue weighted by molar-refractivity contribution is 7.88. The fraction of sp³-hybridized carbons (Fsp3) is 0.391. The molecule has 4 rings (SSSR count). The third kappa shape index (κ3) is 3.80. The van der Waals surface area contributed by atoms with Crippen molar-refractivity contribution in [3.8, 4) is 0 Å². The molecule has 3 heterocycles. The largest absolute Gasteiger partial charge is 0.396 e. The van der Waals surface area contributed by atoms with Crippen LogP contribution in [-0.2, 0) is 27.9 Å². The molecule has 0 saturated carbocycles. The summed E-state index contributed by atoms with van der Waals surface area (Å²) in [7, 11) is -3.70. The maximum absolute atomic E-state index is 13.3. The molecule has 4 atom stereocenters. The Kier molecular flexibility index (Phi) is 6.07. The number of nitrogens with zero attached hydrogens (tertiary/aromatic N) is 2. The van der Waals surface area contributed by atoms with Gasteiger partial charge < -0.3 is 15.0 Å². The van der Waals surface area contributed by atoms with E-state index in [0.717, 1.165) is 11.8 Å². The second-order valence-electron chi connectivity index (χ2n) is 8.31. The summed E-state index contributed by atoms with van der Waals surface area (Å²) in [5.41, 5.74) is 1.65. The minimum atomic E-state index is -3.70. The second-order valence-corrected chi connectivity index (χ2v) is 10.2. The Bertz CT molecular complexity index is 1210. The summed E-state index contributed by atoms with van der Waals surface area (Å²) in [5, 5.41) is 13.1. The molecule has 170 valence electrons. The first kappa shape index (κ1) is 22.4. The number of aromatic nitrogens is 1. The van der Waals surface area contributed by atoms with Crippen molar-refractivity contribution in [2.75, 3.05) is 12.9 Å². The van der Waals surface area contributed by atoms with Crippen molar-refractivity contribution < 1.29 is 18.3 Å². The van der Waals surface area contributed by atoms with E-state index in [1.807, 2.05) is 37.3 Å². The van der Waals surface area contributed by atoms with Gasteiger partial charge in [-0.3, -0.25) is 9.59 Å².